The van der Waals surface area contributed by atoms with E-state index >= 15 is 0 Å². The molecule has 0 atom stereocenters. The Hall–Kier alpha value is -2.41. The number of halogens is 1. The highest BCUT2D eigenvalue weighted by molar-refractivity contribution is 6.34. The summed E-state index contributed by atoms with van der Waals surface area (Å²) in [4.78, 5) is 29.2. The molecule has 0 aliphatic rings. The predicted molar refractivity (Wildman–Crippen MR) is 97.1 cm³/mol. The Kier molecular flexibility index (Phi) is 5.92. The van der Waals surface area contributed by atoms with Gasteiger partial charge in [0, 0.05) is 33.4 Å². The second kappa shape index (κ2) is 7.92. The average molecular weight is 349 g/mol. The Balaban J connectivity index is 2.32. The van der Waals surface area contributed by atoms with Gasteiger partial charge in [0.1, 0.15) is 0 Å². The first kappa shape index (κ1) is 17.9. The molecule has 2 aromatic heterocycles. The van der Waals surface area contributed by atoms with Crippen molar-refractivity contribution in [2.45, 2.75) is 13.8 Å². The van der Waals surface area contributed by atoms with Crippen molar-refractivity contribution in [2.24, 2.45) is 0 Å². The summed E-state index contributed by atoms with van der Waals surface area (Å²) in [5, 5.41) is 3.02. The predicted octanol–water partition coefficient (Wildman–Crippen LogP) is 2.69. The van der Waals surface area contributed by atoms with Crippen molar-refractivity contribution >= 4 is 35.0 Å². The Morgan fingerprint density at radius 3 is 2.58 bits per heavy atom. The molecule has 0 saturated heterocycles. The Morgan fingerprint density at radius 2 is 1.96 bits per heavy atom. The van der Waals surface area contributed by atoms with E-state index in [4.69, 9.17) is 11.6 Å². The van der Waals surface area contributed by atoms with Crippen molar-refractivity contribution in [3.8, 4) is 0 Å². The van der Waals surface area contributed by atoms with E-state index in [1.807, 2.05) is 37.7 Å². The number of anilines is 3. The van der Waals surface area contributed by atoms with Crippen molar-refractivity contribution < 1.29 is 4.79 Å². The molecule has 1 amide bonds. The zero-order chi connectivity index (χ0) is 17.7. The molecule has 0 saturated carbocycles. The quantitative estimate of drug-likeness (QED) is 0.865. The van der Waals surface area contributed by atoms with Crippen LogP contribution in [-0.2, 0) is 0 Å². The van der Waals surface area contributed by atoms with Gasteiger partial charge in [-0.15, -0.1) is 0 Å². The average Bonchev–Trinajstić information content (AvgIpc) is 2.57. The van der Waals surface area contributed by atoms with Crippen molar-refractivity contribution in [3.63, 3.8) is 0 Å². The van der Waals surface area contributed by atoms with Crippen LogP contribution in [0, 0.1) is 0 Å². The lowest BCUT2D eigenvalue weighted by Crippen LogP contribution is -2.26. The number of hydrogen-bond acceptors (Lipinski definition) is 6. The molecule has 0 aliphatic carbocycles. The second-order valence-corrected chi connectivity index (χ2v) is 5.67. The van der Waals surface area contributed by atoms with Gasteiger partial charge in [0.15, 0.2) is 11.5 Å². The SMILES string of the molecule is CCN(CC)c1ncc(Cl)c(C(=O)Nc2cccnc2N(C)C)n1. The highest BCUT2D eigenvalue weighted by Crippen LogP contribution is 2.23. The Labute approximate surface area is 146 Å². The molecular formula is C16H21ClN6O. The summed E-state index contributed by atoms with van der Waals surface area (Å²) in [5.41, 5.74) is 0.730. The third kappa shape index (κ3) is 3.91. The van der Waals surface area contributed by atoms with Gasteiger partial charge in [-0.2, -0.15) is 0 Å². The summed E-state index contributed by atoms with van der Waals surface area (Å²) in [5.74, 6) is 0.737. The van der Waals surface area contributed by atoms with Crippen LogP contribution in [0.5, 0.6) is 0 Å². The molecule has 128 valence electrons. The summed E-state index contributed by atoms with van der Waals surface area (Å²) in [6.45, 7) is 5.49. The van der Waals surface area contributed by atoms with Gasteiger partial charge in [0.25, 0.3) is 5.91 Å². The number of nitrogens with zero attached hydrogens (tertiary/aromatic N) is 5. The molecular weight excluding hydrogens is 328 g/mol. The number of nitrogens with one attached hydrogen (secondary N) is 1. The van der Waals surface area contributed by atoms with E-state index in [1.165, 1.54) is 6.20 Å². The highest BCUT2D eigenvalue weighted by atomic mass is 35.5. The maximum atomic E-state index is 12.6. The van der Waals surface area contributed by atoms with Crippen LogP contribution in [0.2, 0.25) is 5.02 Å². The molecule has 0 aliphatic heterocycles. The number of rotatable bonds is 6. The first-order valence-corrected chi connectivity index (χ1v) is 8.06. The number of aromatic nitrogens is 3. The van der Waals surface area contributed by atoms with E-state index in [1.54, 1.807) is 18.3 Å². The van der Waals surface area contributed by atoms with Crippen molar-refractivity contribution in [1.82, 2.24) is 15.0 Å². The van der Waals surface area contributed by atoms with Crippen LogP contribution in [0.15, 0.2) is 24.5 Å². The molecule has 1 N–H and O–H groups in total. The van der Waals surface area contributed by atoms with E-state index < -0.39 is 5.91 Å². The third-order valence-corrected chi connectivity index (χ3v) is 3.73. The van der Waals surface area contributed by atoms with Crippen LogP contribution in [0.1, 0.15) is 24.3 Å². The Morgan fingerprint density at radius 1 is 1.25 bits per heavy atom. The molecule has 2 heterocycles. The summed E-state index contributed by atoms with van der Waals surface area (Å²) in [7, 11) is 3.71. The van der Waals surface area contributed by atoms with Crippen molar-refractivity contribution in [3.05, 3.63) is 35.2 Å². The number of carbonyl (C=O) groups is 1. The lowest BCUT2D eigenvalue weighted by atomic mass is 10.3. The number of carbonyl (C=O) groups excluding carboxylic acids is 1. The summed E-state index contributed by atoms with van der Waals surface area (Å²) >= 11 is 6.12. The zero-order valence-corrected chi connectivity index (χ0v) is 15.0. The fourth-order valence-corrected chi connectivity index (χ4v) is 2.39. The van der Waals surface area contributed by atoms with Gasteiger partial charge < -0.3 is 15.1 Å². The molecule has 2 rings (SSSR count). The van der Waals surface area contributed by atoms with Crippen LogP contribution < -0.4 is 15.1 Å². The van der Waals surface area contributed by atoms with Crippen LogP contribution in [0.3, 0.4) is 0 Å². The molecule has 0 bridgehead atoms. The number of pyridine rings is 1. The molecule has 0 radical (unpaired) electrons. The molecule has 7 nitrogen and oxygen atoms in total. The largest absolute Gasteiger partial charge is 0.361 e. The zero-order valence-electron chi connectivity index (χ0n) is 14.2. The number of amides is 1. The Bertz CT molecular complexity index is 717. The standard InChI is InChI=1S/C16H21ClN6O/c1-5-23(6-2)16-19-10-11(17)13(21-16)15(24)20-12-8-7-9-18-14(12)22(3)4/h7-10H,5-6H2,1-4H3,(H,20,24). The molecule has 0 aromatic carbocycles. The highest BCUT2D eigenvalue weighted by Gasteiger charge is 2.18. The maximum Gasteiger partial charge on any atom is 0.276 e. The first-order valence-electron chi connectivity index (χ1n) is 7.69. The van der Waals surface area contributed by atoms with Gasteiger partial charge >= 0.3 is 0 Å². The second-order valence-electron chi connectivity index (χ2n) is 5.26. The normalized spacial score (nSPS) is 10.4. The molecule has 2 aromatic rings. The molecule has 0 spiro atoms. The third-order valence-electron chi connectivity index (χ3n) is 3.45. The number of hydrogen-bond donors (Lipinski definition) is 1. The van der Waals surface area contributed by atoms with E-state index in [9.17, 15) is 4.79 Å². The van der Waals surface area contributed by atoms with Crippen LogP contribution >= 0.6 is 11.6 Å². The monoisotopic (exact) mass is 348 g/mol. The van der Waals surface area contributed by atoms with Gasteiger partial charge in [0.05, 0.1) is 16.9 Å². The molecule has 0 unspecified atom stereocenters. The minimum atomic E-state index is -0.396. The van der Waals surface area contributed by atoms with Gasteiger partial charge in [-0.3, -0.25) is 4.79 Å². The topological polar surface area (TPSA) is 74.2 Å². The fraction of sp³-hybridized carbons (Fsp3) is 0.375. The van der Waals surface area contributed by atoms with E-state index in [0.717, 1.165) is 13.1 Å². The lowest BCUT2D eigenvalue weighted by molar-refractivity contribution is 0.102. The van der Waals surface area contributed by atoms with Crippen molar-refractivity contribution in [2.75, 3.05) is 42.3 Å². The summed E-state index contributed by atoms with van der Waals surface area (Å²) < 4.78 is 0. The maximum absolute atomic E-state index is 12.6. The van der Waals surface area contributed by atoms with Crippen LogP contribution in [0.4, 0.5) is 17.5 Å². The van der Waals surface area contributed by atoms with Gasteiger partial charge in [-0.25, -0.2) is 15.0 Å². The summed E-state index contributed by atoms with van der Waals surface area (Å²) in [6.07, 6.45) is 3.12. The van der Waals surface area contributed by atoms with E-state index in [2.05, 4.69) is 20.3 Å². The van der Waals surface area contributed by atoms with Crippen LogP contribution in [0.25, 0.3) is 0 Å². The van der Waals surface area contributed by atoms with Gasteiger partial charge in [-0.1, -0.05) is 11.6 Å². The van der Waals surface area contributed by atoms with Gasteiger partial charge in [0.2, 0.25) is 5.95 Å². The van der Waals surface area contributed by atoms with Crippen molar-refractivity contribution in [1.29, 1.82) is 0 Å². The van der Waals surface area contributed by atoms with Crippen LogP contribution in [-0.4, -0.2) is 48.0 Å². The minimum absolute atomic E-state index is 0.141. The smallest absolute Gasteiger partial charge is 0.276 e. The fourth-order valence-electron chi connectivity index (χ4n) is 2.21. The minimum Gasteiger partial charge on any atom is -0.361 e. The van der Waals surface area contributed by atoms with E-state index in [-0.39, 0.29) is 10.7 Å². The first-order chi connectivity index (χ1) is 11.5. The molecule has 8 heteroatoms. The van der Waals surface area contributed by atoms with Gasteiger partial charge in [-0.05, 0) is 26.0 Å². The van der Waals surface area contributed by atoms with E-state index in [0.29, 0.717) is 17.5 Å². The summed E-state index contributed by atoms with van der Waals surface area (Å²) in [6, 6.07) is 3.53. The molecule has 0 fully saturated rings. The lowest BCUT2D eigenvalue weighted by Gasteiger charge is -2.19. The molecule has 24 heavy (non-hydrogen) atoms.